The fourth-order valence-electron chi connectivity index (χ4n) is 1.22. The predicted molar refractivity (Wildman–Crippen MR) is 56.5 cm³/mol. The van der Waals surface area contributed by atoms with Crippen LogP contribution < -0.4 is 11.1 Å². The molecule has 5 nitrogen and oxygen atoms in total. The molecule has 1 atom stereocenters. The molecule has 2 aromatic rings. The highest BCUT2D eigenvalue weighted by atomic mass is 19.1. The summed E-state index contributed by atoms with van der Waals surface area (Å²) in [5.41, 5.74) is 5.71. The number of benzene rings is 1. The lowest BCUT2D eigenvalue weighted by Crippen LogP contribution is -2.04. The molecule has 0 radical (unpaired) electrons. The van der Waals surface area contributed by atoms with Crippen molar-refractivity contribution in [2.24, 2.45) is 5.73 Å². The summed E-state index contributed by atoms with van der Waals surface area (Å²) in [4.78, 5) is 0. The third-order valence-corrected chi connectivity index (χ3v) is 1.94. The summed E-state index contributed by atoms with van der Waals surface area (Å²) in [6, 6.07) is 2.62. The third-order valence-electron chi connectivity index (χ3n) is 1.94. The van der Waals surface area contributed by atoms with Gasteiger partial charge in [0.1, 0.15) is 11.6 Å². The number of nitrogens with zero attached hydrogens (tertiary/aromatic N) is 2. The minimum Gasteiger partial charge on any atom is -0.406 e. The monoisotopic (exact) mass is 240 g/mol. The van der Waals surface area contributed by atoms with Crippen LogP contribution in [0.4, 0.5) is 20.5 Å². The zero-order chi connectivity index (χ0) is 12.4. The van der Waals surface area contributed by atoms with Gasteiger partial charge in [0.2, 0.25) is 5.89 Å². The number of hydrogen-bond acceptors (Lipinski definition) is 5. The zero-order valence-corrected chi connectivity index (χ0v) is 8.95. The highest BCUT2D eigenvalue weighted by molar-refractivity contribution is 5.51. The van der Waals surface area contributed by atoms with Gasteiger partial charge in [0.15, 0.2) is 0 Å². The van der Waals surface area contributed by atoms with Gasteiger partial charge in [0.25, 0.3) is 0 Å². The Bertz CT molecular complexity index is 507. The largest absolute Gasteiger partial charge is 0.406 e. The van der Waals surface area contributed by atoms with Gasteiger partial charge in [-0.3, -0.25) is 0 Å². The molecule has 1 unspecified atom stereocenters. The fraction of sp³-hybridized carbons (Fsp3) is 0.200. The van der Waals surface area contributed by atoms with Crippen molar-refractivity contribution in [3.63, 3.8) is 0 Å². The van der Waals surface area contributed by atoms with Crippen molar-refractivity contribution in [3.05, 3.63) is 35.7 Å². The molecule has 2 rings (SSSR count). The Kier molecular flexibility index (Phi) is 3.01. The Hall–Kier alpha value is -2.02. The van der Waals surface area contributed by atoms with E-state index in [-0.39, 0.29) is 17.6 Å². The van der Waals surface area contributed by atoms with Gasteiger partial charge < -0.3 is 15.5 Å². The zero-order valence-electron chi connectivity index (χ0n) is 8.95. The lowest BCUT2D eigenvalue weighted by atomic mass is 10.3. The first-order valence-corrected chi connectivity index (χ1v) is 4.86. The second-order valence-electron chi connectivity index (χ2n) is 3.52. The summed E-state index contributed by atoms with van der Waals surface area (Å²) < 4.78 is 30.9. The van der Waals surface area contributed by atoms with Crippen molar-refractivity contribution in [1.82, 2.24) is 10.2 Å². The summed E-state index contributed by atoms with van der Waals surface area (Å²) in [6.07, 6.45) is 0. The maximum Gasteiger partial charge on any atom is 0.320 e. The van der Waals surface area contributed by atoms with Crippen LogP contribution in [0, 0.1) is 11.6 Å². The van der Waals surface area contributed by atoms with Crippen LogP contribution in [0.2, 0.25) is 0 Å². The van der Waals surface area contributed by atoms with E-state index >= 15 is 0 Å². The number of anilines is 2. The van der Waals surface area contributed by atoms with E-state index in [9.17, 15) is 8.78 Å². The van der Waals surface area contributed by atoms with Gasteiger partial charge in [-0.05, 0) is 19.1 Å². The van der Waals surface area contributed by atoms with Crippen molar-refractivity contribution in [3.8, 4) is 0 Å². The first-order chi connectivity index (χ1) is 8.04. The standard InChI is InChI=1S/C10H10F2N4O/c1-5(13)9-15-16-10(17-9)14-8-3-6(11)2-7(12)4-8/h2-5H,13H2,1H3,(H,14,16). The predicted octanol–water partition coefficient (Wildman–Crippen LogP) is 2.11. The molecule has 90 valence electrons. The lowest BCUT2D eigenvalue weighted by Gasteiger charge is -2.01. The number of halogens is 2. The van der Waals surface area contributed by atoms with Crippen LogP contribution in [0.25, 0.3) is 0 Å². The smallest absolute Gasteiger partial charge is 0.320 e. The molecule has 0 saturated heterocycles. The van der Waals surface area contributed by atoms with Crippen molar-refractivity contribution in [1.29, 1.82) is 0 Å². The van der Waals surface area contributed by atoms with E-state index in [1.54, 1.807) is 6.92 Å². The van der Waals surface area contributed by atoms with Gasteiger partial charge in [0, 0.05) is 11.8 Å². The number of nitrogens with one attached hydrogen (secondary N) is 1. The molecule has 0 saturated carbocycles. The summed E-state index contributed by atoms with van der Waals surface area (Å²) in [6.45, 7) is 1.68. The van der Waals surface area contributed by atoms with Crippen LogP contribution in [0.15, 0.2) is 22.6 Å². The van der Waals surface area contributed by atoms with Crippen LogP contribution in [0.1, 0.15) is 18.9 Å². The van der Waals surface area contributed by atoms with Crippen LogP contribution in [-0.2, 0) is 0 Å². The second kappa shape index (κ2) is 4.46. The summed E-state index contributed by atoms with van der Waals surface area (Å²) in [7, 11) is 0. The van der Waals surface area contributed by atoms with Gasteiger partial charge in [-0.2, -0.15) is 0 Å². The molecule has 1 aromatic carbocycles. The highest BCUT2D eigenvalue weighted by Gasteiger charge is 2.10. The molecule has 7 heteroatoms. The molecule has 0 spiro atoms. The molecule has 0 bridgehead atoms. The SMILES string of the molecule is CC(N)c1nnc(Nc2cc(F)cc(F)c2)o1. The first-order valence-electron chi connectivity index (χ1n) is 4.86. The maximum atomic E-state index is 12.9. The van der Waals surface area contributed by atoms with Crippen LogP contribution in [-0.4, -0.2) is 10.2 Å². The van der Waals surface area contributed by atoms with Crippen molar-refractivity contribution in [2.75, 3.05) is 5.32 Å². The first kappa shape index (κ1) is 11.5. The second-order valence-corrected chi connectivity index (χ2v) is 3.52. The molecule has 0 aliphatic rings. The van der Waals surface area contributed by atoms with E-state index < -0.39 is 17.7 Å². The quantitative estimate of drug-likeness (QED) is 0.859. The molecule has 3 N–H and O–H groups in total. The molecule has 0 fully saturated rings. The Morgan fingerprint density at radius 1 is 1.24 bits per heavy atom. The van der Waals surface area contributed by atoms with Crippen molar-refractivity contribution >= 4 is 11.7 Å². The molecule has 0 aliphatic heterocycles. The van der Waals surface area contributed by atoms with E-state index in [0.717, 1.165) is 18.2 Å². The number of rotatable bonds is 3. The Morgan fingerprint density at radius 2 is 1.88 bits per heavy atom. The van der Waals surface area contributed by atoms with Gasteiger partial charge >= 0.3 is 6.01 Å². The summed E-state index contributed by atoms with van der Waals surface area (Å²) in [5.74, 6) is -1.15. The van der Waals surface area contributed by atoms with Crippen LogP contribution in [0.5, 0.6) is 0 Å². The van der Waals surface area contributed by atoms with E-state index in [1.807, 2.05) is 0 Å². The Labute approximate surface area is 95.6 Å². The summed E-state index contributed by atoms with van der Waals surface area (Å²) in [5, 5.41) is 9.89. The van der Waals surface area contributed by atoms with E-state index in [2.05, 4.69) is 15.5 Å². The molecule has 0 amide bonds. The van der Waals surface area contributed by atoms with Gasteiger partial charge in [-0.25, -0.2) is 8.78 Å². The highest BCUT2D eigenvalue weighted by Crippen LogP contribution is 2.19. The van der Waals surface area contributed by atoms with Gasteiger partial charge in [-0.1, -0.05) is 5.10 Å². The molecule has 1 heterocycles. The average Bonchev–Trinajstić information content (AvgIpc) is 2.64. The number of hydrogen-bond donors (Lipinski definition) is 2. The van der Waals surface area contributed by atoms with Crippen LogP contribution >= 0.6 is 0 Å². The average molecular weight is 240 g/mol. The van der Waals surface area contributed by atoms with Crippen molar-refractivity contribution < 1.29 is 13.2 Å². The third kappa shape index (κ3) is 2.76. The van der Waals surface area contributed by atoms with Gasteiger partial charge in [0.05, 0.1) is 6.04 Å². The Morgan fingerprint density at radius 3 is 2.41 bits per heavy atom. The van der Waals surface area contributed by atoms with E-state index in [0.29, 0.717) is 0 Å². The Balaban J connectivity index is 2.19. The maximum absolute atomic E-state index is 12.9. The van der Waals surface area contributed by atoms with E-state index in [4.69, 9.17) is 10.2 Å². The molecular weight excluding hydrogens is 230 g/mol. The molecule has 0 aliphatic carbocycles. The molecule has 1 aromatic heterocycles. The van der Waals surface area contributed by atoms with E-state index in [1.165, 1.54) is 0 Å². The lowest BCUT2D eigenvalue weighted by molar-refractivity contribution is 0.475. The number of nitrogens with two attached hydrogens (primary N) is 1. The minimum absolute atomic E-state index is 0.0299. The van der Waals surface area contributed by atoms with Crippen LogP contribution in [0.3, 0.4) is 0 Å². The minimum atomic E-state index is -0.695. The van der Waals surface area contributed by atoms with Crippen molar-refractivity contribution in [2.45, 2.75) is 13.0 Å². The molecular formula is C10H10F2N4O. The topological polar surface area (TPSA) is 77.0 Å². The molecule has 17 heavy (non-hydrogen) atoms. The normalized spacial score (nSPS) is 12.5. The van der Waals surface area contributed by atoms with Gasteiger partial charge in [-0.15, -0.1) is 5.10 Å². The fourth-order valence-corrected chi connectivity index (χ4v) is 1.22. The summed E-state index contributed by atoms with van der Waals surface area (Å²) >= 11 is 0. The number of aromatic nitrogens is 2.